The summed E-state index contributed by atoms with van der Waals surface area (Å²) in [4.78, 5) is 13.0. The molecule has 30 heavy (non-hydrogen) atoms. The second-order valence-electron chi connectivity index (χ2n) is 7.53. The number of aryl methyl sites for hydroxylation is 2. The number of nitrogens with one attached hydrogen (secondary N) is 2. The van der Waals surface area contributed by atoms with Gasteiger partial charge in [-0.1, -0.05) is 12.0 Å². The van der Waals surface area contributed by atoms with E-state index in [1.54, 1.807) is 32.2 Å². The van der Waals surface area contributed by atoms with E-state index in [9.17, 15) is 23.6 Å². The van der Waals surface area contributed by atoms with Crippen LogP contribution in [0.2, 0.25) is 0 Å². The number of nitrogens with zero attached hydrogens (tertiary/aromatic N) is 2. The monoisotopic (exact) mass is 426 g/mol. The van der Waals surface area contributed by atoms with Crippen molar-refractivity contribution in [3.8, 4) is 18.4 Å². The highest BCUT2D eigenvalue weighted by Gasteiger charge is 2.39. The molecule has 2 unspecified atom stereocenters. The molecule has 1 aliphatic heterocycles. The Morgan fingerprint density at radius 1 is 1.47 bits per heavy atom. The number of rotatable bonds is 3. The molecular formula is C21H22N4O4S. The second kappa shape index (κ2) is 7.62. The van der Waals surface area contributed by atoms with Crippen LogP contribution in [0.3, 0.4) is 0 Å². The lowest BCUT2D eigenvalue weighted by molar-refractivity contribution is 0.0827. The smallest absolute Gasteiger partial charge is 0.272 e. The van der Waals surface area contributed by atoms with Gasteiger partial charge in [-0.25, -0.2) is 13.1 Å². The zero-order valence-corrected chi connectivity index (χ0v) is 17.7. The molecule has 3 rings (SSSR count). The number of fused-ring (bicyclic) bond motifs is 1. The molecule has 2 heterocycles. The first-order valence-corrected chi connectivity index (χ1v) is 10.7. The summed E-state index contributed by atoms with van der Waals surface area (Å²) < 4.78 is 29.6. The van der Waals surface area contributed by atoms with Gasteiger partial charge in [0.25, 0.3) is 5.91 Å². The van der Waals surface area contributed by atoms with Crippen molar-refractivity contribution in [2.75, 3.05) is 5.32 Å². The third kappa shape index (κ3) is 3.83. The van der Waals surface area contributed by atoms with Crippen molar-refractivity contribution in [3.63, 3.8) is 0 Å². The van der Waals surface area contributed by atoms with Crippen LogP contribution in [0, 0.1) is 30.6 Å². The Bertz CT molecular complexity index is 1210. The van der Waals surface area contributed by atoms with Gasteiger partial charge in [0.1, 0.15) is 16.2 Å². The third-order valence-electron chi connectivity index (χ3n) is 5.32. The lowest BCUT2D eigenvalue weighted by Crippen LogP contribution is -2.49. The molecule has 8 nitrogen and oxygen atoms in total. The van der Waals surface area contributed by atoms with E-state index in [2.05, 4.69) is 22.0 Å². The van der Waals surface area contributed by atoms with Crippen molar-refractivity contribution < 1.29 is 18.3 Å². The lowest BCUT2D eigenvalue weighted by Gasteiger charge is -2.27. The standard InChI is InChI=1S/C21H22N4O4S/c1-5-21(3,27)18-9-8-16-17(30(28,29)24-18)12-25(4)19(16)20(26)23-15-7-6-13(2)14(10-15)11-22/h1,6-7,10,12,18,24,27H,8-9H2,2-4H3,(H,23,26). The molecule has 0 saturated heterocycles. The number of aliphatic hydroxyl groups is 1. The number of terminal acetylenes is 1. The summed E-state index contributed by atoms with van der Waals surface area (Å²) in [6.07, 6.45) is 7.17. The molecule has 0 saturated carbocycles. The van der Waals surface area contributed by atoms with Gasteiger partial charge in [-0.15, -0.1) is 6.42 Å². The number of amides is 1. The zero-order chi connectivity index (χ0) is 22.3. The van der Waals surface area contributed by atoms with Crippen LogP contribution in [0.15, 0.2) is 29.3 Å². The van der Waals surface area contributed by atoms with Gasteiger partial charge >= 0.3 is 0 Å². The zero-order valence-electron chi connectivity index (χ0n) is 16.9. The van der Waals surface area contributed by atoms with Crippen LogP contribution in [0.4, 0.5) is 5.69 Å². The molecule has 2 atom stereocenters. The number of hydrogen-bond acceptors (Lipinski definition) is 5. The normalized spacial score (nSPS) is 19.5. The summed E-state index contributed by atoms with van der Waals surface area (Å²) in [5.74, 6) is 1.71. The van der Waals surface area contributed by atoms with Crippen LogP contribution in [0.1, 0.15) is 40.5 Å². The van der Waals surface area contributed by atoms with Gasteiger partial charge < -0.3 is 15.0 Å². The van der Waals surface area contributed by atoms with Crippen molar-refractivity contribution in [1.82, 2.24) is 9.29 Å². The maximum atomic E-state index is 13.0. The van der Waals surface area contributed by atoms with Crippen LogP contribution in [0.25, 0.3) is 0 Å². The molecule has 3 N–H and O–H groups in total. The molecular weight excluding hydrogens is 404 g/mol. The van der Waals surface area contributed by atoms with Crippen molar-refractivity contribution in [2.24, 2.45) is 7.05 Å². The fourth-order valence-corrected chi connectivity index (χ4v) is 5.19. The van der Waals surface area contributed by atoms with Crippen LogP contribution in [-0.2, 0) is 23.5 Å². The van der Waals surface area contributed by atoms with E-state index < -0.39 is 27.6 Å². The maximum Gasteiger partial charge on any atom is 0.272 e. The Kier molecular flexibility index (Phi) is 5.48. The van der Waals surface area contributed by atoms with Crippen LogP contribution in [-0.4, -0.2) is 35.6 Å². The highest BCUT2D eigenvalue weighted by Crippen LogP contribution is 2.30. The average molecular weight is 426 g/mol. The molecule has 0 radical (unpaired) electrons. The van der Waals surface area contributed by atoms with Gasteiger partial charge in [0.15, 0.2) is 0 Å². The van der Waals surface area contributed by atoms with E-state index in [1.165, 1.54) is 17.7 Å². The molecule has 1 aromatic heterocycles. The van der Waals surface area contributed by atoms with E-state index in [0.29, 0.717) is 16.8 Å². The van der Waals surface area contributed by atoms with E-state index in [-0.39, 0.29) is 23.4 Å². The van der Waals surface area contributed by atoms with E-state index >= 15 is 0 Å². The lowest BCUT2D eigenvalue weighted by atomic mass is 9.92. The summed E-state index contributed by atoms with van der Waals surface area (Å²) in [5, 5.41) is 22.3. The van der Waals surface area contributed by atoms with Crippen LogP contribution >= 0.6 is 0 Å². The first-order chi connectivity index (χ1) is 14.0. The second-order valence-corrected chi connectivity index (χ2v) is 9.21. The van der Waals surface area contributed by atoms with Crippen molar-refractivity contribution in [3.05, 3.63) is 46.8 Å². The summed E-state index contributed by atoms with van der Waals surface area (Å²) in [5.41, 5.74) is 0.522. The molecule has 0 spiro atoms. The highest BCUT2D eigenvalue weighted by molar-refractivity contribution is 7.89. The first kappa shape index (κ1) is 21.6. The molecule has 156 valence electrons. The Hall–Kier alpha value is -3.11. The minimum atomic E-state index is -3.99. The molecule has 1 amide bonds. The van der Waals surface area contributed by atoms with Gasteiger partial charge in [0.2, 0.25) is 10.0 Å². The number of benzene rings is 1. The maximum absolute atomic E-state index is 13.0. The third-order valence-corrected chi connectivity index (χ3v) is 6.84. The van der Waals surface area contributed by atoms with Crippen molar-refractivity contribution in [1.29, 1.82) is 5.26 Å². The Labute approximate surface area is 175 Å². The topological polar surface area (TPSA) is 124 Å². The molecule has 0 aliphatic carbocycles. The number of carbonyl (C=O) groups excluding carboxylic acids is 1. The summed E-state index contributed by atoms with van der Waals surface area (Å²) in [6.45, 7) is 3.16. The molecule has 0 bridgehead atoms. The van der Waals surface area contributed by atoms with E-state index in [4.69, 9.17) is 6.42 Å². The molecule has 1 aliphatic rings. The minimum absolute atomic E-state index is 0.0212. The number of carbonyl (C=O) groups is 1. The van der Waals surface area contributed by atoms with Crippen molar-refractivity contribution >= 4 is 21.6 Å². The predicted molar refractivity (Wildman–Crippen MR) is 111 cm³/mol. The Morgan fingerprint density at radius 3 is 2.80 bits per heavy atom. The van der Waals surface area contributed by atoms with Crippen LogP contribution in [0.5, 0.6) is 0 Å². The minimum Gasteiger partial charge on any atom is -0.376 e. The Balaban J connectivity index is 1.99. The molecule has 1 aromatic carbocycles. The molecule has 0 fully saturated rings. The summed E-state index contributed by atoms with van der Waals surface area (Å²) >= 11 is 0. The predicted octanol–water partition coefficient (Wildman–Crippen LogP) is 1.43. The fourth-order valence-electron chi connectivity index (χ4n) is 3.52. The summed E-state index contributed by atoms with van der Waals surface area (Å²) in [7, 11) is -2.41. The Morgan fingerprint density at radius 2 is 2.17 bits per heavy atom. The average Bonchev–Trinajstić information content (AvgIpc) is 2.97. The van der Waals surface area contributed by atoms with Gasteiger partial charge in [0, 0.05) is 24.5 Å². The SMILES string of the molecule is C#CC(C)(O)C1CCc2c(cn(C)c2C(=O)Nc2ccc(C)c(C#N)c2)S(=O)(=O)N1. The summed E-state index contributed by atoms with van der Waals surface area (Å²) in [6, 6.07) is 6.13. The van der Waals surface area contributed by atoms with E-state index in [1.807, 2.05) is 0 Å². The number of hydrogen-bond donors (Lipinski definition) is 3. The van der Waals surface area contributed by atoms with E-state index in [0.717, 1.165) is 5.56 Å². The number of sulfonamides is 1. The highest BCUT2D eigenvalue weighted by atomic mass is 32.2. The molecule has 2 aromatic rings. The van der Waals surface area contributed by atoms with Gasteiger partial charge in [-0.05, 0) is 44.4 Å². The quantitative estimate of drug-likeness (QED) is 0.641. The molecule has 9 heteroatoms. The van der Waals surface area contributed by atoms with Gasteiger partial charge in [-0.3, -0.25) is 4.79 Å². The van der Waals surface area contributed by atoms with Gasteiger partial charge in [0.05, 0.1) is 17.7 Å². The first-order valence-electron chi connectivity index (χ1n) is 9.23. The number of anilines is 1. The van der Waals surface area contributed by atoms with Gasteiger partial charge in [-0.2, -0.15) is 5.26 Å². The largest absolute Gasteiger partial charge is 0.376 e. The number of aromatic nitrogens is 1. The number of nitriles is 1. The van der Waals surface area contributed by atoms with Crippen LogP contribution < -0.4 is 10.0 Å². The van der Waals surface area contributed by atoms with Crippen molar-refractivity contribution in [2.45, 2.75) is 43.2 Å². The fraction of sp³-hybridized carbons (Fsp3) is 0.333.